The number of benzene rings is 2. The molecule has 0 aliphatic heterocycles. The monoisotopic (exact) mass is 429 g/mol. The lowest BCUT2D eigenvalue weighted by Gasteiger charge is -2.43. The Labute approximate surface area is 182 Å². The van der Waals surface area contributed by atoms with E-state index in [0.717, 1.165) is 31.4 Å². The van der Waals surface area contributed by atoms with Gasteiger partial charge in [0.25, 0.3) is 0 Å². The highest BCUT2D eigenvalue weighted by Crippen LogP contribution is 2.42. The van der Waals surface area contributed by atoms with Gasteiger partial charge in [-0.3, -0.25) is 9.59 Å². The van der Waals surface area contributed by atoms with Crippen LogP contribution in [0.1, 0.15) is 42.5 Å². The second-order valence-corrected chi connectivity index (χ2v) is 8.20. The van der Waals surface area contributed by atoms with Crippen molar-refractivity contribution in [2.45, 2.75) is 38.1 Å². The summed E-state index contributed by atoms with van der Waals surface area (Å²) >= 11 is 0. The van der Waals surface area contributed by atoms with Gasteiger partial charge in [0.1, 0.15) is 11.5 Å². The first-order valence-electron chi connectivity index (χ1n) is 10.2. The number of hydrogen-bond acceptors (Lipinski definition) is 4. The molecule has 0 spiro atoms. The molecule has 2 bridgehead atoms. The predicted octanol–water partition coefficient (Wildman–Crippen LogP) is 4.09. The molecule has 2 saturated carbocycles. The Balaban J connectivity index is 0.00000256. The van der Waals surface area contributed by atoms with Gasteiger partial charge in [-0.05, 0) is 80.0 Å². The van der Waals surface area contributed by atoms with Crippen molar-refractivity contribution in [2.24, 2.45) is 29.2 Å². The number of primary amides is 1. The Hall–Kier alpha value is -2.57. The van der Waals surface area contributed by atoms with Crippen molar-refractivity contribution in [2.75, 3.05) is 5.32 Å². The van der Waals surface area contributed by atoms with Crippen LogP contribution < -0.4 is 21.5 Å². The van der Waals surface area contributed by atoms with Crippen molar-refractivity contribution >= 4 is 29.9 Å². The van der Waals surface area contributed by atoms with E-state index in [0.29, 0.717) is 28.9 Å². The molecule has 0 aromatic heterocycles. The molecule has 30 heavy (non-hydrogen) atoms. The van der Waals surface area contributed by atoms with E-state index in [4.69, 9.17) is 16.2 Å². The highest BCUT2D eigenvalue weighted by molar-refractivity contribution is 5.93. The van der Waals surface area contributed by atoms with Gasteiger partial charge in [-0.2, -0.15) is 0 Å². The van der Waals surface area contributed by atoms with Crippen molar-refractivity contribution in [3.63, 3.8) is 0 Å². The Morgan fingerprint density at radius 3 is 2.27 bits per heavy atom. The highest BCUT2D eigenvalue weighted by atomic mass is 35.5. The van der Waals surface area contributed by atoms with Crippen LogP contribution in [0.4, 0.5) is 5.69 Å². The maximum absolute atomic E-state index is 12.8. The number of carbonyl (C=O) groups excluding carboxylic acids is 2. The van der Waals surface area contributed by atoms with Crippen molar-refractivity contribution in [3.05, 3.63) is 54.1 Å². The van der Waals surface area contributed by atoms with Gasteiger partial charge in [0.15, 0.2) is 0 Å². The molecule has 5 N–H and O–H groups in total. The van der Waals surface area contributed by atoms with Crippen molar-refractivity contribution in [1.29, 1.82) is 0 Å². The molecule has 0 heterocycles. The summed E-state index contributed by atoms with van der Waals surface area (Å²) < 4.78 is 5.77. The standard InChI is InChI=1S/C23H27N3O3.ClH/c24-21-14-3-1-4-15(21)12-17(11-14)23(28)26-18-7-9-19(10-8-18)29-20-6-2-5-16(13-20)22(25)27;/h2,5-10,13-15,17,21H,1,3-4,11-12,24H2,(H2,25,27)(H,26,28);1H. The summed E-state index contributed by atoms with van der Waals surface area (Å²) in [4.78, 5) is 24.0. The van der Waals surface area contributed by atoms with Gasteiger partial charge in [0.05, 0.1) is 0 Å². The van der Waals surface area contributed by atoms with E-state index in [1.165, 1.54) is 6.42 Å². The third kappa shape index (κ3) is 4.94. The number of hydrogen-bond donors (Lipinski definition) is 3. The zero-order valence-corrected chi connectivity index (χ0v) is 17.6. The first-order chi connectivity index (χ1) is 14.0. The summed E-state index contributed by atoms with van der Waals surface area (Å²) in [5, 5.41) is 3.03. The van der Waals surface area contributed by atoms with E-state index in [9.17, 15) is 9.59 Å². The summed E-state index contributed by atoms with van der Waals surface area (Å²) in [5.74, 6) is 1.72. The predicted molar refractivity (Wildman–Crippen MR) is 119 cm³/mol. The first-order valence-corrected chi connectivity index (χ1v) is 10.2. The Bertz CT molecular complexity index is 889. The topological polar surface area (TPSA) is 107 Å². The van der Waals surface area contributed by atoms with Gasteiger partial charge in [-0.15, -0.1) is 12.4 Å². The number of carbonyl (C=O) groups is 2. The van der Waals surface area contributed by atoms with Crippen LogP contribution >= 0.6 is 12.4 Å². The minimum atomic E-state index is -0.499. The molecule has 2 amide bonds. The van der Waals surface area contributed by atoms with E-state index < -0.39 is 5.91 Å². The van der Waals surface area contributed by atoms with Crippen LogP contribution in [0.2, 0.25) is 0 Å². The zero-order valence-electron chi connectivity index (χ0n) is 16.8. The lowest BCUT2D eigenvalue weighted by molar-refractivity contribution is -0.122. The number of fused-ring (bicyclic) bond motifs is 2. The average molecular weight is 430 g/mol. The fourth-order valence-corrected chi connectivity index (χ4v) is 4.70. The SMILES string of the molecule is Cl.NC(=O)c1cccc(Oc2ccc(NC(=O)C3CC4CCCC(C3)C4N)cc2)c1. The molecule has 2 aromatic carbocycles. The third-order valence-corrected chi connectivity index (χ3v) is 6.26. The van der Waals surface area contributed by atoms with E-state index >= 15 is 0 Å². The number of anilines is 1. The molecule has 2 aliphatic rings. The molecule has 160 valence electrons. The van der Waals surface area contributed by atoms with E-state index in [2.05, 4.69) is 5.32 Å². The van der Waals surface area contributed by atoms with Crippen molar-refractivity contribution < 1.29 is 14.3 Å². The Kier molecular flexibility index (Phi) is 7.00. The van der Waals surface area contributed by atoms with Crippen LogP contribution in [0.15, 0.2) is 48.5 Å². The van der Waals surface area contributed by atoms with E-state index in [1.54, 1.807) is 36.4 Å². The number of rotatable bonds is 5. The Morgan fingerprint density at radius 1 is 0.967 bits per heavy atom. The molecule has 7 heteroatoms. The third-order valence-electron chi connectivity index (χ3n) is 6.26. The van der Waals surface area contributed by atoms with Gasteiger partial charge in [-0.1, -0.05) is 12.5 Å². The lowest BCUT2D eigenvalue weighted by atomic mass is 9.65. The molecule has 4 rings (SSSR count). The minimum Gasteiger partial charge on any atom is -0.457 e. The molecule has 2 atom stereocenters. The number of ether oxygens (including phenoxy) is 1. The number of halogens is 1. The Morgan fingerprint density at radius 2 is 1.63 bits per heavy atom. The van der Waals surface area contributed by atoms with Crippen LogP contribution in [-0.4, -0.2) is 17.9 Å². The highest BCUT2D eigenvalue weighted by Gasteiger charge is 2.40. The van der Waals surface area contributed by atoms with Crippen LogP contribution in [0.5, 0.6) is 11.5 Å². The van der Waals surface area contributed by atoms with Gasteiger partial charge in [0.2, 0.25) is 11.8 Å². The fraction of sp³-hybridized carbons (Fsp3) is 0.391. The smallest absolute Gasteiger partial charge is 0.248 e. The van der Waals surface area contributed by atoms with Crippen LogP contribution in [0.3, 0.4) is 0 Å². The summed E-state index contributed by atoms with van der Waals surface area (Å²) in [6.07, 6.45) is 5.30. The maximum atomic E-state index is 12.8. The van der Waals surface area contributed by atoms with Gasteiger partial charge in [-0.25, -0.2) is 0 Å². The van der Waals surface area contributed by atoms with Crippen LogP contribution in [0.25, 0.3) is 0 Å². The summed E-state index contributed by atoms with van der Waals surface area (Å²) in [5.41, 5.74) is 12.8. The normalized spacial score (nSPS) is 25.0. The quantitative estimate of drug-likeness (QED) is 0.665. The van der Waals surface area contributed by atoms with Crippen molar-refractivity contribution in [1.82, 2.24) is 0 Å². The fourth-order valence-electron chi connectivity index (χ4n) is 4.70. The largest absolute Gasteiger partial charge is 0.457 e. The average Bonchev–Trinajstić information content (AvgIpc) is 2.69. The lowest BCUT2D eigenvalue weighted by Crippen LogP contribution is -2.48. The second-order valence-electron chi connectivity index (χ2n) is 8.20. The van der Waals surface area contributed by atoms with Crippen molar-refractivity contribution in [3.8, 4) is 11.5 Å². The van der Waals surface area contributed by atoms with Gasteiger partial charge < -0.3 is 21.5 Å². The summed E-state index contributed by atoms with van der Waals surface area (Å²) in [7, 11) is 0. The first kappa shape index (κ1) is 22.1. The molecular weight excluding hydrogens is 402 g/mol. The molecule has 6 nitrogen and oxygen atoms in total. The molecule has 2 fully saturated rings. The second kappa shape index (κ2) is 9.49. The summed E-state index contributed by atoms with van der Waals surface area (Å²) in [6, 6.07) is 14.2. The maximum Gasteiger partial charge on any atom is 0.248 e. The molecule has 2 aliphatic carbocycles. The van der Waals surface area contributed by atoms with Crippen LogP contribution in [0, 0.1) is 17.8 Å². The van der Waals surface area contributed by atoms with E-state index in [-0.39, 0.29) is 30.3 Å². The minimum absolute atomic E-state index is 0. The van der Waals surface area contributed by atoms with Crippen LogP contribution in [-0.2, 0) is 4.79 Å². The summed E-state index contributed by atoms with van der Waals surface area (Å²) in [6.45, 7) is 0. The molecular formula is C23H28ClN3O3. The molecule has 0 saturated heterocycles. The molecule has 2 aromatic rings. The zero-order chi connectivity index (χ0) is 20.4. The number of amides is 2. The van der Waals surface area contributed by atoms with Gasteiger partial charge in [0, 0.05) is 23.2 Å². The molecule has 0 radical (unpaired) electrons. The number of nitrogens with one attached hydrogen (secondary N) is 1. The van der Waals surface area contributed by atoms with E-state index in [1.807, 2.05) is 12.1 Å². The van der Waals surface area contributed by atoms with Gasteiger partial charge >= 0.3 is 0 Å². The molecule has 2 unspecified atom stereocenters. The number of nitrogens with two attached hydrogens (primary N) is 2.